The summed E-state index contributed by atoms with van der Waals surface area (Å²) in [5.74, 6) is -3.84. The first-order valence-corrected chi connectivity index (χ1v) is 8.41. The van der Waals surface area contributed by atoms with E-state index in [1.807, 2.05) is 0 Å². The van der Waals surface area contributed by atoms with Crippen LogP contribution in [0.5, 0.6) is 0 Å². The first-order chi connectivity index (χ1) is 12.7. The lowest BCUT2D eigenvalue weighted by Crippen LogP contribution is -2.66. The largest absolute Gasteiger partial charge is 0.388 e. The second-order valence-corrected chi connectivity index (χ2v) is 7.15. The highest BCUT2D eigenvalue weighted by molar-refractivity contribution is 5.76. The van der Waals surface area contributed by atoms with Crippen LogP contribution in [0, 0.1) is 0 Å². The minimum Gasteiger partial charge on any atom is -0.388 e. The molecule has 2 fully saturated rings. The van der Waals surface area contributed by atoms with Crippen molar-refractivity contribution in [1.82, 2.24) is 0 Å². The number of rotatable bonds is 4. The lowest BCUT2D eigenvalue weighted by atomic mass is 9.81. The van der Waals surface area contributed by atoms with Crippen molar-refractivity contribution in [3.05, 3.63) is 0 Å². The molecular weight excluding hydrogens is 380 g/mol. The number of aliphatic imine (C=N–C) groups is 2. The van der Waals surface area contributed by atoms with Crippen LogP contribution in [0.3, 0.4) is 0 Å². The Hall–Kier alpha value is -1.78. The molecule has 2 rings (SSSR count). The Morgan fingerprint density at radius 1 is 0.893 bits per heavy atom. The Labute approximate surface area is 160 Å². The number of hydrogen-bond donors (Lipinski definition) is 10. The highest BCUT2D eigenvalue weighted by Crippen LogP contribution is 2.40. The Morgan fingerprint density at radius 3 is 1.82 bits per heavy atom. The zero-order valence-electron chi connectivity index (χ0n) is 15.3. The summed E-state index contributed by atoms with van der Waals surface area (Å²) in [4.78, 5) is 7.45. The van der Waals surface area contributed by atoms with Gasteiger partial charge in [0, 0.05) is 0 Å². The van der Waals surface area contributed by atoms with Crippen LogP contribution >= 0.6 is 0 Å². The second-order valence-electron chi connectivity index (χ2n) is 7.15. The third-order valence-electron chi connectivity index (χ3n) is 5.14. The van der Waals surface area contributed by atoms with Crippen LogP contribution in [0.1, 0.15) is 13.8 Å². The Morgan fingerprint density at radius 2 is 1.39 bits per heavy atom. The van der Waals surface area contributed by atoms with Crippen molar-refractivity contribution in [1.29, 1.82) is 0 Å². The molecule has 0 bridgehead atoms. The standard InChI is InChI=1S/C14H28N6O8/c1-3-13(2,24)14(25,26)10(27-3)28-9-5(20-12(17)18)6(21)4(19-11(15)16)7(22)8(9)23/h3-10,21-26H,1-2H3,(H4,15,16,19)(H4,17,18,20)/t3-,4-,5-,6-,7+,8-,9+,10-,13-/m0/s1. The van der Waals surface area contributed by atoms with Crippen LogP contribution in [0.4, 0.5) is 0 Å². The number of aliphatic hydroxyl groups is 6. The molecule has 28 heavy (non-hydrogen) atoms. The summed E-state index contributed by atoms with van der Waals surface area (Å²) in [6, 6.07) is -2.82. The minimum atomic E-state index is -2.89. The van der Waals surface area contributed by atoms with Crippen LogP contribution in [-0.2, 0) is 9.47 Å². The monoisotopic (exact) mass is 408 g/mol. The van der Waals surface area contributed by atoms with E-state index in [0.29, 0.717) is 0 Å². The van der Waals surface area contributed by atoms with Gasteiger partial charge < -0.3 is 63.0 Å². The molecule has 1 heterocycles. The van der Waals surface area contributed by atoms with Crippen molar-refractivity contribution in [3.8, 4) is 0 Å². The van der Waals surface area contributed by atoms with Gasteiger partial charge in [-0.25, -0.2) is 9.98 Å². The molecule has 14 heteroatoms. The van der Waals surface area contributed by atoms with Gasteiger partial charge in [0.25, 0.3) is 0 Å². The molecule has 1 aliphatic heterocycles. The van der Waals surface area contributed by atoms with Gasteiger partial charge in [-0.15, -0.1) is 0 Å². The van der Waals surface area contributed by atoms with Gasteiger partial charge in [-0.3, -0.25) is 0 Å². The Kier molecular flexibility index (Phi) is 6.08. The van der Waals surface area contributed by atoms with E-state index in [1.165, 1.54) is 6.92 Å². The van der Waals surface area contributed by atoms with E-state index in [-0.39, 0.29) is 0 Å². The predicted molar refractivity (Wildman–Crippen MR) is 94.2 cm³/mol. The van der Waals surface area contributed by atoms with Crippen molar-refractivity contribution in [2.75, 3.05) is 0 Å². The molecule has 0 radical (unpaired) electrons. The van der Waals surface area contributed by atoms with E-state index in [2.05, 4.69) is 9.98 Å². The Balaban J connectivity index is 2.39. The van der Waals surface area contributed by atoms with Gasteiger partial charge in [-0.2, -0.15) is 0 Å². The van der Waals surface area contributed by atoms with E-state index < -0.39 is 72.2 Å². The van der Waals surface area contributed by atoms with Gasteiger partial charge in [0.15, 0.2) is 11.9 Å². The molecule has 1 saturated carbocycles. The third kappa shape index (κ3) is 3.72. The minimum absolute atomic E-state index is 0.466. The highest BCUT2D eigenvalue weighted by Gasteiger charge is 2.64. The maximum absolute atomic E-state index is 10.5. The summed E-state index contributed by atoms with van der Waals surface area (Å²) >= 11 is 0. The van der Waals surface area contributed by atoms with Gasteiger partial charge in [0.2, 0.25) is 12.1 Å². The lowest BCUT2D eigenvalue weighted by molar-refractivity contribution is -0.334. The summed E-state index contributed by atoms with van der Waals surface area (Å²) in [5.41, 5.74) is 19.2. The van der Waals surface area contributed by atoms with Gasteiger partial charge in [0.05, 0.1) is 6.10 Å². The first-order valence-electron chi connectivity index (χ1n) is 8.41. The van der Waals surface area contributed by atoms with Crippen molar-refractivity contribution in [3.63, 3.8) is 0 Å². The number of nitrogens with zero attached hydrogens (tertiary/aromatic N) is 2. The van der Waals surface area contributed by atoms with E-state index in [9.17, 15) is 30.6 Å². The van der Waals surface area contributed by atoms with Crippen molar-refractivity contribution in [2.45, 2.75) is 74.1 Å². The van der Waals surface area contributed by atoms with Gasteiger partial charge >= 0.3 is 0 Å². The fraction of sp³-hybridized carbons (Fsp3) is 0.857. The fourth-order valence-electron chi connectivity index (χ4n) is 3.22. The van der Waals surface area contributed by atoms with Crippen molar-refractivity contribution >= 4 is 11.9 Å². The SMILES string of the molecule is C[C@@H]1O[C@@H](O[C@H]2[C@@H](O)[C@H](O)[C@@H](N=C(N)N)[C@H](O)[C@@H]2N=C(N)N)C(O)(O)[C@@]1(C)O. The topological polar surface area (TPSA) is 269 Å². The summed E-state index contributed by atoms with van der Waals surface area (Å²) in [5, 5.41) is 62.1. The van der Waals surface area contributed by atoms with E-state index in [1.54, 1.807) is 0 Å². The number of guanidine groups is 2. The average Bonchev–Trinajstić information content (AvgIpc) is 2.71. The van der Waals surface area contributed by atoms with Gasteiger partial charge in [0.1, 0.15) is 42.1 Å². The third-order valence-corrected chi connectivity index (χ3v) is 5.14. The molecule has 0 unspecified atom stereocenters. The molecule has 9 atom stereocenters. The summed E-state index contributed by atoms with van der Waals surface area (Å²) < 4.78 is 10.6. The normalized spacial score (nSPS) is 45.4. The van der Waals surface area contributed by atoms with Crippen molar-refractivity contribution in [2.24, 2.45) is 32.9 Å². The zero-order valence-corrected chi connectivity index (χ0v) is 15.3. The number of nitrogens with two attached hydrogens (primary N) is 4. The quantitative estimate of drug-likeness (QED) is 0.118. The number of ether oxygens (including phenoxy) is 2. The molecule has 0 aromatic carbocycles. The van der Waals surface area contributed by atoms with E-state index in [4.69, 9.17) is 32.4 Å². The summed E-state index contributed by atoms with van der Waals surface area (Å²) in [7, 11) is 0. The molecule has 0 amide bonds. The molecule has 162 valence electrons. The number of aliphatic hydroxyl groups excluding tert-OH is 3. The smallest absolute Gasteiger partial charge is 0.247 e. The van der Waals surface area contributed by atoms with Gasteiger partial charge in [-0.1, -0.05) is 0 Å². The molecule has 1 saturated heterocycles. The highest BCUT2D eigenvalue weighted by atomic mass is 16.8. The summed E-state index contributed by atoms with van der Waals surface area (Å²) in [6.07, 6.45) is -9.64. The Bertz CT molecular complexity index is 635. The van der Waals surface area contributed by atoms with Gasteiger partial charge in [-0.05, 0) is 13.8 Å². The molecule has 0 aromatic rings. The molecule has 1 aliphatic carbocycles. The molecule has 14 N–H and O–H groups in total. The van der Waals surface area contributed by atoms with E-state index in [0.717, 1.165) is 6.92 Å². The van der Waals surface area contributed by atoms with Crippen LogP contribution in [-0.4, -0.2) is 103 Å². The van der Waals surface area contributed by atoms with Crippen LogP contribution in [0.2, 0.25) is 0 Å². The average molecular weight is 408 g/mol. The van der Waals surface area contributed by atoms with Crippen molar-refractivity contribution < 1.29 is 40.1 Å². The fourth-order valence-corrected chi connectivity index (χ4v) is 3.22. The maximum atomic E-state index is 10.5. The molecular formula is C14H28N6O8. The number of hydrogen-bond acceptors (Lipinski definition) is 10. The van der Waals surface area contributed by atoms with E-state index >= 15 is 0 Å². The predicted octanol–water partition coefficient (Wildman–Crippen LogP) is -6.07. The van der Waals surface area contributed by atoms with Crippen LogP contribution in [0.15, 0.2) is 9.98 Å². The second kappa shape index (κ2) is 7.57. The molecule has 14 nitrogen and oxygen atoms in total. The molecule has 2 aliphatic rings. The molecule has 0 spiro atoms. The zero-order chi connectivity index (χ0) is 21.6. The summed E-state index contributed by atoms with van der Waals surface area (Å²) in [6.45, 7) is 2.48. The van der Waals surface area contributed by atoms with Crippen LogP contribution < -0.4 is 22.9 Å². The van der Waals surface area contributed by atoms with Crippen LogP contribution in [0.25, 0.3) is 0 Å². The molecule has 0 aromatic heterocycles. The first kappa shape index (κ1) is 22.5. The maximum Gasteiger partial charge on any atom is 0.247 e. The lowest BCUT2D eigenvalue weighted by Gasteiger charge is -2.44.